The monoisotopic (exact) mass is 476 g/mol. The molecule has 1 N–H and O–H groups in total. The maximum atomic E-state index is 13.4. The molecule has 0 aliphatic carbocycles. The van der Waals surface area contributed by atoms with Gasteiger partial charge in [0.2, 0.25) is 0 Å². The fourth-order valence-electron chi connectivity index (χ4n) is 3.84. The number of halogens is 1. The van der Waals surface area contributed by atoms with Crippen molar-refractivity contribution in [1.29, 1.82) is 0 Å². The van der Waals surface area contributed by atoms with E-state index >= 15 is 0 Å². The van der Waals surface area contributed by atoms with Crippen molar-refractivity contribution >= 4 is 34.6 Å². The van der Waals surface area contributed by atoms with Crippen LogP contribution in [0.3, 0.4) is 0 Å². The van der Waals surface area contributed by atoms with Gasteiger partial charge in [0, 0.05) is 42.6 Å². The Balaban J connectivity index is 1.48. The number of pyridine rings is 1. The lowest BCUT2D eigenvalue weighted by Gasteiger charge is -2.23. The van der Waals surface area contributed by atoms with Crippen LogP contribution < -0.4 is 5.32 Å². The van der Waals surface area contributed by atoms with Crippen LogP contribution in [0, 0.1) is 0 Å². The smallest absolute Gasteiger partial charge is 0.295 e. The van der Waals surface area contributed by atoms with E-state index in [2.05, 4.69) is 22.2 Å². The molecule has 0 spiro atoms. The fraction of sp³-hybridized carbons (Fsp3) is 0.296. The molecular weight excluding hydrogens is 448 g/mol. The van der Waals surface area contributed by atoms with E-state index in [-0.39, 0.29) is 5.91 Å². The van der Waals surface area contributed by atoms with E-state index in [1.54, 1.807) is 24.4 Å². The molecule has 1 amide bonds. The van der Waals surface area contributed by atoms with E-state index < -0.39 is 0 Å². The molecule has 0 fully saturated rings. The number of rotatable bonds is 11. The lowest BCUT2D eigenvalue weighted by Crippen LogP contribution is -2.31. The summed E-state index contributed by atoms with van der Waals surface area (Å²) < 4.78 is 5.81. The normalized spacial score (nSPS) is 11.0. The molecule has 2 aromatic carbocycles. The molecule has 7 heteroatoms. The van der Waals surface area contributed by atoms with E-state index in [4.69, 9.17) is 16.0 Å². The molecule has 2 aromatic heterocycles. The van der Waals surface area contributed by atoms with Crippen molar-refractivity contribution in [2.45, 2.75) is 45.7 Å². The number of hydrogen-bond acceptors (Lipinski definition) is 5. The van der Waals surface area contributed by atoms with Crippen LogP contribution in [0.1, 0.15) is 54.1 Å². The second-order valence-corrected chi connectivity index (χ2v) is 8.77. The molecule has 0 saturated carbocycles. The predicted molar refractivity (Wildman–Crippen MR) is 136 cm³/mol. The summed E-state index contributed by atoms with van der Waals surface area (Å²) in [5, 5.41) is 3.87. The van der Waals surface area contributed by atoms with Crippen molar-refractivity contribution in [1.82, 2.24) is 14.9 Å². The molecule has 4 rings (SSSR count). The maximum Gasteiger partial charge on any atom is 0.295 e. The van der Waals surface area contributed by atoms with Gasteiger partial charge in [-0.15, -0.1) is 0 Å². The summed E-state index contributed by atoms with van der Waals surface area (Å²) in [6.45, 7) is 3.96. The second-order valence-electron chi connectivity index (χ2n) is 8.33. The Bertz CT molecular complexity index is 1230. The summed E-state index contributed by atoms with van der Waals surface area (Å²) in [5.74, 6) is -0.0151. The first kappa shape index (κ1) is 23.8. The zero-order chi connectivity index (χ0) is 23.8. The van der Waals surface area contributed by atoms with Crippen molar-refractivity contribution in [2.24, 2.45) is 0 Å². The Hall–Kier alpha value is -3.38. The summed E-state index contributed by atoms with van der Waals surface area (Å²) in [4.78, 5) is 24.0. The number of oxazole rings is 1. The van der Waals surface area contributed by atoms with E-state index in [1.165, 1.54) is 6.42 Å². The Labute approximate surface area is 205 Å². The van der Waals surface area contributed by atoms with Gasteiger partial charge in [0.15, 0.2) is 5.58 Å². The third-order valence-electron chi connectivity index (χ3n) is 5.63. The Morgan fingerprint density at radius 2 is 1.94 bits per heavy atom. The van der Waals surface area contributed by atoms with E-state index in [9.17, 15) is 4.79 Å². The molecule has 176 valence electrons. The van der Waals surface area contributed by atoms with E-state index in [0.717, 1.165) is 30.4 Å². The Morgan fingerprint density at radius 1 is 1.06 bits per heavy atom. The third-order valence-corrected chi connectivity index (χ3v) is 5.87. The van der Waals surface area contributed by atoms with Gasteiger partial charge in [-0.3, -0.25) is 9.78 Å². The number of carbonyl (C=O) groups excluding carboxylic acids is 1. The number of benzene rings is 2. The Kier molecular flexibility index (Phi) is 8.15. The van der Waals surface area contributed by atoms with Crippen molar-refractivity contribution in [3.05, 3.63) is 88.7 Å². The average molecular weight is 477 g/mol. The fourth-order valence-corrected chi connectivity index (χ4v) is 4.05. The van der Waals surface area contributed by atoms with Crippen LogP contribution in [0.15, 0.2) is 71.4 Å². The van der Waals surface area contributed by atoms with Gasteiger partial charge in [0.05, 0.1) is 0 Å². The van der Waals surface area contributed by atoms with Gasteiger partial charge in [-0.2, -0.15) is 4.98 Å². The molecule has 6 nitrogen and oxygen atoms in total. The van der Waals surface area contributed by atoms with Crippen LogP contribution >= 0.6 is 11.6 Å². The van der Waals surface area contributed by atoms with Crippen LogP contribution in [-0.4, -0.2) is 27.3 Å². The minimum atomic E-state index is -0.0151. The second kappa shape index (κ2) is 11.7. The number of fused-ring (bicyclic) bond motifs is 1. The number of hydrogen-bond donors (Lipinski definition) is 1. The average Bonchev–Trinajstić information content (AvgIpc) is 3.27. The third kappa shape index (κ3) is 6.35. The molecule has 2 heterocycles. The first-order valence-corrected chi connectivity index (χ1v) is 12.1. The lowest BCUT2D eigenvalue weighted by molar-refractivity contribution is 0.0740. The van der Waals surface area contributed by atoms with Gasteiger partial charge >= 0.3 is 0 Å². The van der Waals surface area contributed by atoms with Crippen LogP contribution in [0.4, 0.5) is 6.01 Å². The highest BCUT2D eigenvalue weighted by Gasteiger charge is 2.18. The molecule has 34 heavy (non-hydrogen) atoms. The number of nitrogens with one attached hydrogen (secondary N) is 1. The van der Waals surface area contributed by atoms with Gasteiger partial charge in [-0.05, 0) is 53.9 Å². The number of nitrogens with zero attached hydrogens (tertiary/aromatic N) is 3. The van der Waals surface area contributed by atoms with Crippen LogP contribution in [0.5, 0.6) is 0 Å². The van der Waals surface area contributed by atoms with Gasteiger partial charge in [-0.1, -0.05) is 56.0 Å². The minimum absolute atomic E-state index is 0.0151. The Morgan fingerprint density at radius 3 is 2.74 bits per heavy atom. The van der Waals surface area contributed by atoms with Gasteiger partial charge < -0.3 is 14.6 Å². The highest BCUT2D eigenvalue weighted by molar-refractivity contribution is 6.30. The zero-order valence-corrected chi connectivity index (χ0v) is 20.1. The van der Waals surface area contributed by atoms with Gasteiger partial charge in [0.1, 0.15) is 5.52 Å². The van der Waals surface area contributed by atoms with Crippen LogP contribution in [0.2, 0.25) is 5.02 Å². The summed E-state index contributed by atoms with van der Waals surface area (Å²) in [6.07, 6.45) is 7.97. The number of aromatic nitrogens is 2. The predicted octanol–water partition coefficient (Wildman–Crippen LogP) is 6.71. The minimum Gasteiger partial charge on any atom is -0.424 e. The summed E-state index contributed by atoms with van der Waals surface area (Å²) in [6, 6.07) is 17.3. The molecule has 0 aliphatic heterocycles. The van der Waals surface area contributed by atoms with Gasteiger partial charge in [0.25, 0.3) is 11.9 Å². The maximum absolute atomic E-state index is 13.4. The summed E-state index contributed by atoms with van der Waals surface area (Å²) in [7, 11) is 0. The SMILES string of the molecule is CCCCCCN(Cc1cccnc1)C(=O)c1ccc2oc(NCc3cccc(Cl)c3)nc2c1. The number of anilines is 1. The first-order valence-electron chi connectivity index (χ1n) is 11.7. The molecule has 4 aromatic rings. The summed E-state index contributed by atoms with van der Waals surface area (Å²) in [5.41, 5.74) is 3.92. The molecule has 0 radical (unpaired) electrons. The highest BCUT2D eigenvalue weighted by atomic mass is 35.5. The first-order chi connectivity index (χ1) is 16.6. The molecule has 0 aliphatic rings. The molecule has 0 atom stereocenters. The van der Waals surface area contributed by atoms with Gasteiger partial charge in [-0.25, -0.2) is 0 Å². The number of amides is 1. The van der Waals surface area contributed by atoms with Crippen molar-refractivity contribution in [3.8, 4) is 0 Å². The van der Waals surface area contributed by atoms with Crippen LogP contribution in [0.25, 0.3) is 11.1 Å². The summed E-state index contributed by atoms with van der Waals surface area (Å²) >= 11 is 6.06. The zero-order valence-electron chi connectivity index (χ0n) is 19.3. The van der Waals surface area contributed by atoms with Crippen molar-refractivity contribution in [3.63, 3.8) is 0 Å². The molecule has 0 bridgehead atoms. The quantitative estimate of drug-likeness (QED) is 0.243. The molecular formula is C27H29ClN4O2. The lowest BCUT2D eigenvalue weighted by atomic mass is 10.1. The highest BCUT2D eigenvalue weighted by Crippen LogP contribution is 2.22. The van der Waals surface area contributed by atoms with Crippen molar-refractivity contribution in [2.75, 3.05) is 11.9 Å². The van der Waals surface area contributed by atoms with Crippen molar-refractivity contribution < 1.29 is 9.21 Å². The van der Waals surface area contributed by atoms with E-state index in [0.29, 0.717) is 47.3 Å². The molecule has 0 saturated heterocycles. The molecule has 0 unspecified atom stereocenters. The number of carbonyl (C=O) groups is 1. The van der Waals surface area contributed by atoms with Crippen LogP contribution in [-0.2, 0) is 13.1 Å². The number of unbranched alkanes of at least 4 members (excludes halogenated alkanes) is 3. The van der Waals surface area contributed by atoms with E-state index in [1.807, 2.05) is 47.5 Å². The largest absolute Gasteiger partial charge is 0.424 e. The standard InChI is InChI=1S/C27H29ClN4O2/c1-2-3-4-5-14-32(19-21-9-7-13-29-17-21)26(33)22-11-12-25-24(16-22)31-27(34-25)30-18-20-8-6-10-23(28)15-20/h6-13,15-17H,2-5,14,18-19H2,1H3,(H,30,31). The topological polar surface area (TPSA) is 71.3 Å².